The van der Waals surface area contributed by atoms with Gasteiger partial charge in [-0.2, -0.15) is 0 Å². The summed E-state index contributed by atoms with van der Waals surface area (Å²) in [6.07, 6.45) is 2.59. The van der Waals surface area contributed by atoms with Crippen molar-refractivity contribution < 1.29 is 14.7 Å². The molecule has 8 heteroatoms. The summed E-state index contributed by atoms with van der Waals surface area (Å²) < 4.78 is 0. The maximum absolute atomic E-state index is 13.9. The van der Waals surface area contributed by atoms with E-state index in [0.29, 0.717) is 36.6 Å². The molecule has 1 N–H and O–H groups in total. The first-order valence-corrected chi connectivity index (χ1v) is 14.5. The molecule has 0 atom stereocenters. The van der Waals surface area contributed by atoms with Crippen molar-refractivity contribution in [3.63, 3.8) is 0 Å². The number of carbonyl (C=O) groups is 2. The minimum absolute atomic E-state index is 0.0676. The fraction of sp³-hybridized carbons (Fsp3) is 0.455. The Kier molecular flexibility index (Phi) is 6.36. The first-order valence-electron chi connectivity index (χ1n) is 14.5. The number of anilines is 3. The predicted molar refractivity (Wildman–Crippen MR) is 161 cm³/mol. The van der Waals surface area contributed by atoms with E-state index in [-0.39, 0.29) is 16.9 Å². The number of carboxylic acids is 1. The van der Waals surface area contributed by atoms with Gasteiger partial charge in [-0.1, -0.05) is 26.0 Å². The van der Waals surface area contributed by atoms with Gasteiger partial charge in [0.05, 0.1) is 28.2 Å². The average Bonchev–Trinajstić information content (AvgIpc) is 3.72. The highest BCUT2D eigenvalue weighted by Gasteiger charge is 2.41. The van der Waals surface area contributed by atoms with Crippen molar-refractivity contribution in [3.8, 4) is 0 Å². The van der Waals surface area contributed by atoms with Crippen LogP contribution in [0.15, 0.2) is 42.5 Å². The van der Waals surface area contributed by atoms with Gasteiger partial charge in [0, 0.05) is 37.3 Å². The van der Waals surface area contributed by atoms with Gasteiger partial charge in [0.15, 0.2) is 0 Å². The van der Waals surface area contributed by atoms with Crippen molar-refractivity contribution in [1.29, 1.82) is 0 Å². The number of benzene rings is 1. The van der Waals surface area contributed by atoms with Gasteiger partial charge < -0.3 is 19.8 Å². The predicted octanol–water partition coefficient (Wildman–Crippen LogP) is 5.84. The molecule has 0 unspecified atom stereocenters. The van der Waals surface area contributed by atoms with Crippen molar-refractivity contribution in [2.45, 2.75) is 71.3 Å². The molecule has 0 bridgehead atoms. The number of rotatable bonds is 5. The second-order valence-electron chi connectivity index (χ2n) is 13.2. The molecule has 6 rings (SSSR count). The third-order valence-corrected chi connectivity index (χ3v) is 8.90. The van der Waals surface area contributed by atoms with Crippen LogP contribution in [0.5, 0.6) is 0 Å². The van der Waals surface area contributed by atoms with Crippen LogP contribution in [-0.4, -0.2) is 63.6 Å². The van der Waals surface area contributed by atoms with Crippen molar-refractivity contribution in [2.75, 3.05) is 36.0 Å². The third-order valence-electron chi connectivity index (χ3n) is 8.90. The molecule has 41 heavy (non-hydrogen) atoms. The minimum Gasteiger partial charge on any atom is -0.478 e. The van der Waals surface area contributed by atoms with Gasteiger partial charge >= 0.3 is 5.97 Å². The Balaban J connectivity index is 1.22. The summed E-state index contributed by atoms with van der Waals surface area (Å²) in [5, 5.41) is 9.52. The van der Waals surface area contributed by atoms with Crippen LogP contribution in [0, 0.1) is 13.8 Å². The number of nitrogens with zero attached hydrogens (tertiary/aromatic N) is 5. The van der Waals surface area contributed by atoms with Crippen LogP contribution >= 0.6 is 0 Å². The maximum atomic E-state index is 13.9. The summed E-state index contributed by atoms with van der Waals surface area (Å²) in [5.74, 6) is 0.443. The number of amides is 1. The molecule has 0 spiro atoms. The van der Waals surface area contributed by atoms with E-state index < -0.39 is 11.5 Å². The lowest BCUT2D eigenvalue weighted by Gasteiger charge is -2.47. The highest BCUT2D eigenvalue weighted by atomic mass is 16.4. The second kappa shape index (κ2) is 9.57. The molecule has 1 saturated heterocycles. The Hall–Kier alpha value is -3.94. The number of fused-ring (bicyclic) bond motifs is 1. The molecular weight excluding hydrogens is 514 g/mol. The molecule has 1 saturated carbocycles. The van der Waals surface area contributed by atoms with Gasteiger partial charge in [-0.05, 0) is 87.9 Å². The van der Waals surface area contributed by atoms with Crippen LogP contribution in [0.4, 0.5) is 17.2 Å². The van der Waals surface area contributed by atoms with E-state index in [2.05, 4.69) is 72.8 Å². The number of pyridine rings is 2. The molecule has 4 heterocycles. The van der Waals surface area contributed by atoms with Crippen LogP contribution in [0.25, 0.3) is 0 Å². The maximum Gasteiger partial charge on any atom is 0.337 e. The summed E-state index contributed by atoms with van der Waals surface area (Å²) >= 11 is 0. The van der Waals surface area contributed by atoms with E-state index in [9.17, 15) is 14.7 Å². The number of aromatic nitrogens is 2. The van der Waals surface area contributed by atoms with E-state index in [1.165, 1.54) is 18.4 Å². The lowest BCUT2D eigenvalue weighted by molar-refractivity contribution is 0.0506. The first-order chi connectivity index (χ1) is 19.4. The Morgan fingerprint density at radius 2 is 1.63 bits per heavy atom. The highest BCUT2D eigenvalue weighted by Crippen LogP contribution is 2.45. The number of aryl methyl sites for hydroxylation is 2. The smallest absolute Gasteiger partial charge is 0.337 e. The van der Waals surface area contributed by atoms with E-state index in [0.717, 1.165) is 35.3 Å². The fourth-order valence-corrected chi connectivity index (χ4v) is 6.58. The van der Waals surface area contributed by atoms with Gasteiger partial charge in [-0.25, -0.2) is 14.8 Å². The molecule has 8 nitrogen and oxygen atoms in total. The molecule has 2 fully saturated rings. The number of aromatic carboxylic acids is 1. The number of piperazine rings is 1. The summed E-state index contributed by atoms with van der Waals surface area (Å²) in [6, 6.07) is 14.7. The summed E-state index contributed by atoms with van der Waals surface area (Å²) in [6.45, 7) is 14.6. The van der Waals surface area contributed by atoms with E-state index >= 15 is 0 Å². The third kappa shape index (κ3) is 4.83. The van der Waals surface area contributed by atoms with E-state index in [1.54, 1.807) is 13.8 Å². The molecule has 3 aromatic rings. The Bertz CT molecular complexity index is 1520. The molecule has 1 amide bonds. The summed E-state index contributed by atoms with van der Waals surface area (Å²) in [7, 11) is 0. The molecule has 2 aliphatic heterocycles. The lowest BCUT2D eigenvalue weighted by Crippen LogP contribution is -2.61. The van der Waals surface area contributed by atoms with Crippen LogP contribution in [0.1, 0.15) is 89.8 Å². The number of carboxylic acid groups (broad SMARTS) is 1. The number of carbonyl (C=O) groups excluding carboxylic acids is 1. The first kappa shape index (κ1) is 27.2. The van der Waals surface area contributed by atoms with Gasteiger partial charge in [0.2, 0.25) is 0 Å². The molecular formula is C33H39N5O3. The normalized spacial score (nSPS) is 19.3. The summed E-state index contributed by atoms with van der Waals surface area (Å²) in [5.41, 5.74) is 5.85. The minimum atomic E-state index is -0.963. The van der Waals surface area contributed by atoms with Gasteiger partial charge in [-0.15, -0.1) is 0 Å². The highest BCUT2D eigenvalue weighted by molar-refractivity contribution is 5.94. The fourth-order valence-electron chi connectivity index (χ4n) is 6.58. The molecule has 2 aromatic heterocycles. The van der Waals surface area contributed by atoms with Crippen molar-refractivity contribution in [2.24, 2.45) is 0 Å². The monoisotopic (exact) mass is 553 g/mol. The van der Waals surface area contributed by atoms with E-state index in [1.807, 2.05) is 17.0 Å². The SMILES string of the molecule is Cc1cc(N2CCN(C(=O)c3ccc4c(n3)C(C)(C)CN4c3ccc(C4CC4)cc3)C(C)(C)C2)nc(C)c1C(=O)O. The largest absolute Gasteiger partial charge is 0.478 e. The van der Waals surface area contributed by atoms with Crippen LogP contribution in [0.2, 0.25) is 0 Å². The van der Waals surface area contributed by atoms with Crippen molar-refractivity contribution in [3.05, 3.63) is 76.2 Å². The molecule has 1 aliphatic carbocycles. The van der Waals surface area contributed by atoms with Crippen LogP contribution in [-0.2, 0) is 5.41 Å². The topological polar surface area (TPSA) is 89.9 Å². The van der Waals surface area contributed by atoms with Crippen LogP contribution < -0.4 is 9.80 Å². The Morgan fingerprint density at radius 3 is 2.24 bits per heavy atom. The molecule has 3 aliphatic rings. The quantitative estimate of drug-likeness (QED) is 0.425. The Morgan fingerprint density at radius 1 is 0.927 bits per heavy atom. The van der Waals surface area contributed by atoms with Gasteiger partial charge in [0.1, 0.15) is 11.5 Å². The second-order valence-corrected chi connectivity index (χ2v) is 13.2. The Labute approximate surface area is 242 Å². The van der Waals surface area contributed by atoms with Crippen molar-refractivity contribution in [1.82, 2.24) is 14.9 Å². The zero-order valence-corrected chi connectivity index (χ0v) is 24.9. The molecule has 0 radical (unpaired) electrons. The van der Waals surface area contributed by atoms with E-state index in [4.69, 9.17) is 4.98 Å². The van der Waals surface area contributed by atoms with Gasteiger partial charge in [-0.3, -0.25) is 4.79 Å². The van der Waals surface area contributed by atoms with Crippen LogP contribution in [0.3, 0.4) is 0 Å². The standard InChI is InChI=1S/C33H39N5O3/c1-20-17-27(34-21(2)28(20)31(40)41)36-15-16-38(33(5,6)19-36)30(39)25-13-14-26-29(35-25)32(3,4)18-37(26)24-11-9-23(10-12-24)22-7-8-22/h9-14,17,22H,7-8,15-16,18-19H2,1-6H3,(H,40,41). The number of hydrogen-bond donors (Lipinski definition) is 1. The summed E-state index contributed by atoms with van der Waals surface area (Å²) in [4.78, 5) is 41.5. The lowest BCUT2D eigenvalue weighted by atomic mass is 9.91. The molecule has 214 valence electrons. The average molecular weight is 554 g/mol. The molecule has 1 aromatic carbocycles. The zero-order chi connectivity index (χ0) is 29.3. The van der Waals surface area contributed by atoms with Gasteiger partial charge in [0.25, 0.3) is 5.91 Å². The zero-order valence-electron chi connectivity index (χ0n) is 24.9. The van der Waals surface area contributed by atoms with Crippen molar-refractivity contribution >= 4 is 29.1 Å². The number of hydrogen-bond acceptors (Lipinski definition) is 6.